The highest BCUT2D eigenvalue weighted by atomic mass is 79.9. The molecule has 0 saturated carbocycles. The number of primary amides is 1. The monoisotopic (exact) mass is 366 g/mol. The second kappa shape index (κ2) is 6.50. The van der Waals surface area contributed by atoms with Gasteiger partial charge in [-0.05, 0) is 48.4 Å². The normalized spacial score (nSPS) is 13.5. The van der Waals surface area contributed by atoms with Crippen LogP contribution in [0.15, 0.2) is 53.0 Å². The highest BCUT2D eigenvalue weighted by Gasteiger charge is 2.36. The predicted molar refractivity (Wildman–Crippen MR) is 90.4 cm³/mol. The maximum absolute atomic E-state index is 12.1. The summed E-state index contributed by atoms with van der Waals surface area (Å²) in [6.45, 7) is 1.92. The molecule has 5 heteroatoms. The van der Waals surface area contributed by atoms with Crippen LogP contribution >= 0.6 is 27.5 Å². The lowest BCUT2D eigenvalue weighted by Gasteiger charge is -2.32. The van der Waals surface area contributed by atoms with E-state index in [0.717, 1.165) is 15.7 Å². The molecule has 0 bridgehead atoms. The standard InChI is InChI=1S/C16H16BrClN2O/c1-2-16(15(19)21,11-3-7-13(18)8-4-11)20-14-9-5-12(17)6-10-14/h3-10,20H,2H2,1H3,(H2,19,21). The van der Waals surface area contributed by atoms with E-state index < -0.39 is 11.4 Å². The van der Waals surface area contributed by atoms with Crippen molar-refractivity contribution >= 4 is 39.1 Å². The lowest BCUT2D eigenvalue weighted by Crippen LogP contribution is -2.47. The Bertz CT molecular complexity index is 628. The van der Waals surface area contributed by atoms with E-state index in [-0.39, 0.29) is 0 Å². The fraction of sp³-hybridized carbons (Fsp3) is 0.188. The minimum atomic E-state index is -0.960. The van der Waals surface area contributed by atoms with Crippen molar-refractivity contribution in [3.63, 3.8) is 0 Å². The van der Waals surface area contributed by atoms with Gasteiger partial charge in [-0.25, -0.2) is 0 Å². The first kappa shape index (κ1) is 15.9. The third-order valence-corrected chi connectivity index (χ3v) is 4.27. The number of benzene rings is 2. The van der Waals surface area contributed by atoms with Gasteiger partial charge in [0.2, 0.25) is 5.91 Å². The Labute approximate surface area is 137 Å². The summed E-state index contributed by atoms with van der Waals surface area (Å²) in [5.74, 6) is -0.421. The second-order valence-corrected chi connectivity index (χ2v) is 6.11. The molecule has 3 nitrogen and oxygen atoms in total. The SMILES string of the molecule is CCC(Nc1ccc(Br)cc1)(C(N)=O)c1ccc(Cl)cc1. The molecule has 0 spiro atoms. The Balaban J connectivity index is 2.44. The quantitative estimate of drug-likeness (QED) is 0.827. The Morgan fingerprint density at radius 3 is 2.24 bits per heavy atom. The Kier molecular flexibility index (Phi) is 4.91. The summed E-state index contributed by atoms with van der Waals surface area (Å²) in [7, 11) is 0. The molecule has 0 fully saturated rings. The van der Waals surface area contributed by atoms with Crippen molar-refractivity contribution in [2.75, 3.05) is 5.32 Å². The first-order valence-electron chi connectivity index (χ1n) is 6.57. The van der Waals surface area contributed by atoms with Gasteiger partial charge in [-0.3, -0.25) is 4.79 Å². The van der Waals surface area contributed by atoms with E-state index in [9.17, 15) is 4.79 Å². The van der Waals surface area contributed by atoms with Gasteiger partial charge in [0.05, 0.1) is 0 Å². The second-order valence-electron chi connectivity index (χ2n) is 4.76. The largest absolute Gasteiger partial charge is 0.368 e. The fourth-order valence-electron chi connectivity index (χ4n) is 2.26. The number of carbonyl (C=O) groups excluding carboxylic acids is 1. The van der Waals surface area contributed by atoms with Crippen LogP contribution in [0.3, 0.4) is 0 Å². The van der Waals surface area contributed by atoms with Gasteiger partial charge in [0.25, 0.3) is 0 Å². The van der Waals surface area contributed by atoms with Gasteiger partial charge in [-0.2, -0.15) is 0 Å². The van der Waals surface area contributed by atoms with Crippen LogP contribution in [-0.2, 0) is 10.3 Å². The molecule has 2 aromatic rings. The van der Waals surface area contributed by atoms with E-state index in [1.807, 2.05) is 43.3 Å². The number of nitrogens with one attached hydrogen (secondary N) is 1. The van der Waals surface area contributed by atoms with Gasteiger partial charge in [0, 0.05) is 15.2 Å². The van der Waals surface area contributed by atoms with Crippen molar-refractivity contribution < 1.29 is 4.79 Å². The number of amides is 1. The first-order chi connectivity index (χ1) is 9.98. The zero-order valence-electron chi connectivity index (χ0n) is 11.6. The number of nitrogens with two attached hydrogens (primary N) is 1. The van der Waals surface area contributed by atoms with Crippen LogP contribution in [0.5, 0.6) is 0 Å². The zero-order valence-corrected chi connectivity index (χ0v) is 13.9. The molecule has 1 unspecified atom stereocenters. The number of hydrogen-bond donors (Lipinski definition) is 2. The van der Waals surface area contributed by atoms with Crippen molar-refractivity contribution in [1.82, 2.24) is 0 Å². The van der Waals surface area contributed by atoms with Gasteiger partial charge >= 0.3 is 0 Å². The maximum atomic E-state index is 12.1. The molecule has 0 aliphatic rings. The number of hydrogen-bond acceptors (Lipinski definition) is 2. The van der Waals surface area contributed by atoms with Crippen molar-refractivity contribution in [3.8, 4) is 0 Å². The highest BCUT2D eigenvalue weighted by Crippen LogP contribution is 2.31. The molecule has 0 aromatic heterocycles. The molecule has 0 aliphatic carbocycles. The fourth-order valence-corrected chi connectivity index (χ4v) is 2.65. The van der Waals surface area contributed by atoms with Crippen LogP contribution in [0, 0.1) is 0 Å². The third-order valence-electron chi connectivity index (χ3n) is 3.49. The molecule has 1 atom stereocenters. The predicted octanol–water partition coefficient (Wildman–Crippen LogP) is 4.31. The summed E-state index contributed by atoms with van der Waals surface area (Å²) in [4.78, 5) is 12.1. The van der Waals surface area contributed by atoms with Crippen LogP contribution in [-0.4, -0.2) is 5.91 Å². The molecule has 0 saturated heterocycles. The minimum Gasteiger partial charge on any atom is -0.368 e. The van der Waals surface area contributed by atoms with Crippen molar-refractivity contribution in [3.05, 3.63) is 63.6 Å². The summed E-state index contributed by atoms with van der Waals surface area (Å²) >= 11 is 9.31. The van der Waals surface area contributed by atoms with Gasteiger partial charge in [0.15, 0.2) is 0 Å². The van der Waals surface area contributed by atoms with E-state index in [1.54, 1.807) is 12.1 Å². The third kappa shape index (κ3) is 3.39. The summed E-state index contributed by atoms with van der Waals surface area (Å²) in [5, 5.41) is 3.89. The molecule has 3 N–H and O–H groups in total. The minimum absolute atomic E-state index is 0.421. The van der Waals surface area contributed by atoms with E-state index in [2.05, 4.69) is 21.2 Å². The Morgan fingerprint density at radius 2 is 1.76 bits per heavy atom. The van der Waals surface area contributed by atoms with Crippen LogP contribution in [0.4, 0.5) is 5.69 Å². The smallest absolute Gasteiger partial charge is 0.247 e. The Hall–Kier alpha value is -1.52. The van der Waals surface area contributed by atoms with Crippen LogP contribution < -0.4 is 11.1 Å². The van der Waals surface area contributed by atoms with E-state index in [0.29, 0.717) is 11.4 Å². The molecule has 0 heterocycles. The number of carbonyl (C=O) groups is 1. The molecule has 2 rings (SSSR count). The lowest BCUT2D eigenvalue weighted by molar-refractivity contribution is -0.122. The molecule has 110 valence electrons. The molecule has 0 radical (unpaired) electrons. The molecule has 0 aliphatic heterocycles. The lowest BCUT2D eigenvalue weighted by atomic mass is 9.86. The van der Waals surface area contributed by atoms with Gasteiger partial charge in [-0.15, -0.1) is 0 Å². The highest BCUT2D eigenvalue weighted by molar-refractivity contribution is 9.10. The van der Waals surface area contributed by atoms with E-state index >= 15 is 0 Å². The zero-order chi connectivity index (χ0) is 15.5. The van der Waals surface area contributed by atoms with Crippen molar-refractivity contribution in [2.45, 2.75) is 18.9 Å². The maximum Gasteiger partial charge on any atom is 0.247 e. The van der Waals surface area contributed by atoms with E-state index in [1.165, 1.54) is 0 Å². The average Bonchev–Trinajstić information content (AvgIpc) is 2.47. The average molecular weight is 368 g/mol. The number of rotatable bonds is 5. The Morgan fingerprint density at radius 1 is 1.19 bits per heavy atom. The van der Waals surface area contributed by atoms with Gasteiger partial charge in [0.1, 0.15) is 5.54 Å². The molecular formula is C16H16BrClN2O. The van der Waals surface area contributed by atoms with Gasteiger partial charge < -0.3 is 11.1 Å². The summed E-state index contributed by atoms with van der Waals surface area (Å²) < 4.78 is 0.973. The summed E-state index contributed by atoms with van der Waals surface area (Å²) in [6, 6.07) is 14.8. The molecular weight excluding hydrogens is 352 g/mol. The van der Waals surface area contributed by atoms with E-state index in [4.69, 9.17) is 17.3 Å². The number of halogens is 2. The van der Waals surface area contributed by atoms with Crippen molar-refractivity contribution in [2.24, 2.45) is 5.73 Å². The van der Waals surface area contributed by atoms with Crippen molar-refractivity contribution in [1.29, 1.82) is 0 Å². The van der Waals surface area contributed by atoms with Crippen LogP contribution in [0.25, 0.3) is 0 Å². The van der Waals surface area contributed by atoms with Gasteiger partial charge in [-0.1, -0.05) is 46.6 Å². The summed E-state index contributed by atoms with van der Waals surface area (Å²) in [5.41, 5.74) is 6.35. The first-order valence-corrected chi connectivity index (χ1v) is 7.75. The summed E-state index contributed by atoms with van der Waals surface area (Å²) in [6.07, 6.45) is 0.528. The molecule has 21 heavy (non-hydrogen) atoms. The number of anilines is 1. The topological polar surface area (TPSA) is 55.1 Å². The van der Waals surface area contributed by atoms with Crippen LogP contribution in [0.2, 0.25) is 5.02 Å². The molecule has 2 aromatic carbocycles. The van der Waals surface area contributed by atoms with Crippen LogP contribution in [0.1, 0.15) is 18.9 Å². The molecule has 1 amide bonds.